The van der Waals surface area contributed by atoms with Gasteiger partial charge in [0.1, 0.15) is 0 Å². The lowest BCUT2D eigenvalue weighted by Gasteiger charge is -2.10. The van der Waals surface area contributed by atoms with Crippen LogP contribution in [0.1, 0.15) is 28.6 Å². The van der Waals surface area contributed by atoms with Crippen molar-refractivity contribution in [2.24, 2.45) is 4.99 Å². The van der Waals surface area contributed by atoms with E-state index in [2.05, 4.69) is 15.3 Å². The van der Waals surface area contributed by atoms with Gasteiger partial charge in [-0.2, -0.15) is 0 Å². The van der Waals surface area contributed by atoms with Crippen LogP contribution in [0, 0.1) is 0 Å². The number of hydrogen-bond acceptors (Lipinski definition) is 9. The number of fused-ring (bicyclic) bond motifs is 1. The molecule has 0 radical (unpaired) electrons. The molecule has 0 amide bonds. The molecule has 4 rings (SSSR count). The number of carbonyl (C=O) groups excluding carboxylic acids is 1. The molecule has 1 aromatic carbocycles. The van der Waals surface area contributed by atoms with Gasteiger partial charge in [0.25, 0.3) is 0 Å². The Bertz CT molecular complexity index is 1230. The summed E-state index contributed by atoms with van der Waals surface area (Å²) in [4.78, 5) is 21.0. The van der Waals surface area contributed by atoms with Gasteiger partial charge in [-0.25, -0.2) is 14.8 Å². The SMILES string of the molecule is CCOC(=O)c1c(Nc2ccc(OC)c(OC)c2)oc(C=C2C=Nc3ncccc32)c1O. The molecule has 0 bridgehead atoms. The summed E-state index contributed by atoms with van der Waals surface area (Å²) in [5, 5.41) is 13.8. The number of allylic oxidation sites excluding steroid dienone is 1. The molecule has 9 heteroatoms. The van der Waals surface area contributed by atoms with Crippen LogP contribution in [-0.4, -0.2) is 43.1 Å². The van der Waals surface area contributed by atoms with E-state index in [1.165, 1.54) is 14.2 Å². The van der Waals surface area contributed by atoms with Crippen molar-refractivity contribution < 1.29 is 28.5 Å². The van der Waals surface area contributed by atoms with Crippen molar-refractivity contribution in [1.29, 1.82) is 0 Å². The Labute approximate surface area is 184 Å². The molecule has 32 heavy (non-hydrogen) atoms. The summed E-state index contributed by atoms with van der Waals surface area (Å²) < 4.78 is 21.5. The van der Waals surface area contributed by atoms with Crippen LogP contribution in [0.2, 0.25) is 0 Å². The normalized spacial score (nSPS) is 13.2. The molecule has 164 valence electrons. The number of aliphatic imine (C=N–C) groups is 1. The highest BCUT2D eigenvalue weighted by Crippen LogP contribution is 2.40. The summed E-state index contributed by atoms with van der Waals surface area (Å²) in [5.41, 5.74) is 1.91. The molecule has 2 aromatic heterocycles. The Kier molecular flexibility index (Phi) is 5.80. The van der Waals surface area contributed by atoms with Crippen LogP contribution in [0.4, 0.5) is 17.4 Å². The van der Waals surface area contributed by atoms with Crippen molar-refractivity contribution in [3.05, 3.63) is 53.4 Å². The third-order valence-corrected chi connectivity index (χ3v) is 4.74. The number of aromatic nitrogens is 1. The molecular weight excluding hydrogens is 414 g/mol. The Morgan fingerprint density at radius 1 is 1.22 bits per heavy atom. The van der Waals surface area contributed by atoms with E-state index in [9.17, 15) is 9.90 Å². The summed E-state index contributed by atoms with van der Waals surface area (Å²) in [6.07, 6.45) is 4.85. The first-order valence-electron chi connectivity index (χ1n) is 9.78. The molecule has 0 spiro atoms. The second-order valence-corrected chi connectivity index (χ2v) is 6.67. The molecule has 0 unspecified atom stereocenters. The van der Waals surface area contributed by atoms with E-state index < -0.39 is 5.97 Å². The predicted molar refractivity (Wildman–Crippen MR) is 119 cm³/mol. The fraction of sp³-hybridized carbons (Fsp3) is 0.174. The van der Waals surface area contributed by atoms with Crippen LogP contribution in [0.25, 0.3) is 11.6 Å². The van der Waals surface area contributed by atoms with E-state index in [4.69, 9.17) is 18.6 Å². The topological polar surface area (TPSA) is 115 Å². The molecule has 0 saturated heterocycles. The largest absolute Gasteiger partial charge is 0.504 e. The highest BCUT2D eigenvalue weighted by molar-refractivity contribution is 6.21. The molecule has 0 atom stereocenters. The van der Waals surface area contributed by atoms with Crippen molar-refractivity contribution in [1.82, 2.24) is 4.98 Å². The van der Waals surface area contributed by atoms with Gasteiger partial charge in [-0.15, -0.1) is 0 Å². The van der Waals surface area contributed by atoms with Crippen LogP contribution >= 0.6 is 0 Å². The number of methoxy groups -OCH3 is 2. The summed E-state index contributed by atoms with van der Waals surface area (Å²) in [6.45, 7) is 1.82. The molecular formula is C23H21N3O6. The molecule has 1 aliphatic rings. The van der Waals surface area contributed by atoms with Crippen LogP contribution in [0.15, 0.2) is 45.9 Å². The maximum Gasteiger partial charge on any atom is 0.347 e. The van der Waals surface area contributed by atoms with Gasteiger partial charge in [-0.3, -0.25) is 0 Å². The third kappa shape index (κ3) is 3.87. The maximum absolute atomic E-state index is 12.6. The van der Waals surface area contributed by atoms with Gasteiger partial charge < -0.3 is 29.1 Å². The van der Waals surface area contributed by atoms with Crippen LogP contribution in [0.5, 0.6) is 17.2 Å². The maximum atomic E-state index is 12.6. The number of nitrogens with zero attached hydrogens (tertiary/aromatic N) is 2. The number of hydrogen-bond donors (Lipinski definition) is 2. The van der Waals surface area contributed by atoms with Crippen LogP contribution in [0.3, 0.4) is 0 Å². The lowest BCUT2D eigenvalue weighted by molar-refractivity contribution is 0.0524. The predicted octanol–water partition coefficient (Wildman–Crippen LogP) is 4.57. The lowest BCUT2D eigenvalue weighted by atomic mass is 10.1. The Hall–Kier alpha value is -4.27. The average molecular weight is 435 g/mol. The standard InChI is InChI=1S/C23H21N3O6/c1-4-31-23(28)19-20(27)18(10-13-12-25-21-15(13)6-5-9-24-21)32-22(19)26-14-7-8-16(29-2)17(11-14)30-3/h5-12,26-27H,4H2,1-3H3. The van der Waals surface area contributed by atoms with E-state index >= 15 is 0 Å². The summed E-state index contributed by atoms with van der Waals surface area (Å²) >= 11 is 0. The number of furan rings is 1. The second kappa shape index (κ2) is 8.84. The van der Waals surface area contributed by atoms with Crippen molar-refractivity contribution in [2.75, 3.05) is 26.1 Å². The zero-order valence-corrected chi connectivity index (χ0v) is 17.7. The molecule has 9 nitrogen and oxygen atoms in total. The first-order valence-corrected chi connectivity index (χ1v) is 9.78. The number of nitrogens with one attached hydrogen (secondary N) is 1. The monoisotopic (exact) mass is 435 g/mol. The molecule has 3 heterocycles. The van der Waals surface area contributed by atoms with Crippen LogP contribution in [-0.2, 0) is 4.74 Å². The van der Waals surface area contributed by atoms with Crippen molar-refractivity contribution in [3.8, 4) is 17.2 Å². The van der Waals surface area contributed by atoms with Gasteiger partial charge >= 0.3 is 5.97 Å². The van der Waals surface area contributed by atoms with E-state index in [0.29, 0.717) is 28.6 Å². The molecule has 0 aliphatic carbocycles. The lowest BCUT2D eigenvalue weighted by Crippen LogP contribution is -2.06. The van der Waals surface area contributed by atoms with E-state index in [-0.39, 0.29) is 29.6 Å². The Morgan fingerprint density at radius 2 is 2.03 bits per heavy atom. The van der Waals surface area contributed by atoms with Crippen molar-refractivity contribution in [3.63, 3.8) is 0 Å². The fourth-order valence-electron chi connectivity index (χ4n) is 3.25. The molecule has 2 N–H and O–H groups in total. The van der Waals surface area contributed by atoms with E-state index in [1.807, 2.05) is 6.07 Å². The Morgan fingerprint density at radius 3 is 2.78 bits per heavy atom. The van der Waals surface area contributed by atoms with Gasteiger partial charge in [0.05, 0.1) is 20.8 Å². The van der Waals surface area contributed by atoms with Crippen molar-refractivity contribution in [2.45, 2.75) is 6.92 Å². The Balaban J connectivity index is 1.75. The second-order valence-electron chi connectivity index (χ2n) is 6.67. The number of rotatable bonds is 7. The molecule has 3 aromatic rings. The average Bonchev–Trinajstić information content (AvgIpc) is 3.35. The number of esters is 1. The summed E-state index contributed by atoms with van der Waals surface area (Å²) in [6, 6.07) is 8.75. The van der Waals surface area contributed by atoms with Crippen LogP contribution < -0.4 is 14.8 Å². The zero-order chi connectivity index (χ0) is 22.7. The van der Waals surface area contributed by atoms with E-state index in [1.54, 1.807) is 49.7 Å². The van der Waals surface area contributed by atoms with Gasteiger partial charge in [0, 0.05) is 35.3 Å². The summed E-state index contributed by atoms with van der Waals surface area (Å²) in [7, 11) is 3.05. The van der Waals surface area contributed by atoms with Crippen molar-refractivity contribution >= 4 is 41.2 Å². The van der Waals surface area contributed by atoms with Gasteiger partial charge in [-0.1, -0.05) is 0 Å². The quantitative estimate of drug-likeness (QED) is 0.519. The number of benzene rings is 1. The first kappa shape index (κ1) is 21.0. The number of carbonyl (C=O) groups is 1. The van der Waals surface area contributed by atoms with Gasteiger partial charge in [0.2, 0.25) is 5.88 Å². The number of pyridine rings is 1. The van der Waals surface area contributed by atoms with Gasteiger partial charge in [-0.05, 0) is 37.3 Å². The third-order valence-electron chi connectivity index (χ3n) is 4.74. The minimum absolute atomic E-state index is 0.0290. The minimum Gasteiger partial charge on any atom is -0.504 e. The first-order chi connectivity index (χ1) is 15.5. The highest BCUT2D eigenvalue weighted by Gasteiger charge is 2.27. The zero-order valence-electron chi connectivity index (χ0n) is 17.7. The highest BCUT2D eigenvalue weighted by atomic mass is 16.5. The van der Waals surface area contributed by atoms with Gasteiger partial charge in [0.15, 0.2) is 34.4 Å². The number of anilines is 2. The number of ether oxygens (including phenoxy) is 3. The molecule has 0 saturated carbocycles. The number of aromatic hydroxyl groups is 1. The molecule has 1 aliphatic heterocycles. The fourth-order valence-corrected chi connectivity index (χ4v) is 3.25. The molecule has 0 fully saturated rings. The summed E-state index contributed by atoms with van der Waals surface area (Å²) in [5.74, 6) is 0.645. The smallest absolute Gasteiger partial charge is 0.347 e. The minimum atomic E-state index is -0.719. The van der Waals surface area contributed by atoms with E-state index in [0.717, 1.165) is 5.56 Å².